The summed E-state index contributed by atoms with van der Waals surface area (Å²) in [6, 6.07) is 8.75. The fraction of sp³-hybridized carbons (Fsp3) is 0.577. The smallest absolute Gasteiger partial charge is 0.410 e. The number of rotatable bonds is 5. The minimum Gasteiger partial charge on any atom is -0.444 e. The van der Waals surface area contributed by atoms with E-state index in [9.17, 15) is 4.79 Å². The quantitative estimate of drug-likeness (QED) is 0.642. The Morgan fingerprint density at radius 3 is 2.47 bits per heavy atom. The largest absolute Gasteiger partial charge is 0.444 e. The second-order valence-corrected chi connectivity index (χ2v) is 10.2. The highest BCUT2D eigenvalue weighted by atomic mass is 16.6. The van der Waals surface area contributed by atoms with E-state index in [2.05, 4.69) is 38.7 Å². The van der Waals surface area contributed by atoms with E-state index in [0.29, 0.717) is 32.2 Å². The number of anilines is 3. The summed E-state index contributed by atoms with van der Waals surface area (Å²) < 4.78 is 5.53. The van der Waals surface area contributed by atoms with E-state index in [1.807, 2.05) is 40.1 Å². The molecule has 1 amide bonds. The average molecular weight is 467 g/mol. The molecule has 2 aliphatic rings. The van der Waals surface area contributed by atoms with E-state index < -0.39 is 5.60 Å². The summed E-state index contributed by atoms with van der Waals surface area (Å²) in [6.07, 6.45) is 7.92. The number of ether oxygens (including phenoxy) is 1. The second-order valence-electron chi connectivity index (χ2n) is 10.2. The van der Waals surface area contributed by atoms with Crippen LogP contribution in [0.3, 0.4) is 0 Å². The molecule has 1 saturated heterocycles. The summed E-state index contributed by atoms with van der Waals surface area (Å²) >= 11 is 0. The maximum absolute atomic E-state index is 12.4. The van der Waals surface area contributed by atoms with Crippen molar-refractivity contribution in [3.05, 3.63) is 30.5 Å². The predicted octanol–water partition coefficient (Wildman–Crippen LogP) is 4.99. The SMILES string of the molecule is CNc1cc(-c2ccnc(NC3CCCCC3)c2)nc(N2CCN(C(=O)OC(C)(C)C)CC2)c1. The number of amides is 1. The van der Waals surface area contributed by atoms with E-state index in [-0.39, 0.29) is 6.09 Å². The first kappa shape index (κ1) is 24.1. The number of aromatic nitrogens is 2. The molecule has 2 aromatic rings. The van der Waals surface area contributed by atoms with Crippen LogP contribution in [0.25, 0.3) is 11.3 Å². The first-order chi connectivity index (χ1) is 16.3. The predicted molar refractivity (Wildman–Crippen MR) is 138 cm³/mol. The summed E-state index contributed by atoms with van der Waals surface area (Å²) in [5, 5.41) is 6.88. The van der Waals surface area contributed by atoms with Crippen LogP contribution in [0, 0.1) is 0 Å². The Balaban J connectivity index is 1.47. The zero-order valence-corrected chi connectivity index (χ0v) is 20.9. The van der Waals surface area contributed by atoms with E-state index in [4.69, 9.17) is 9.72 Å². The Kier molecular flexibility index (Phi) is 7.44. The van der Waals surface area contributed by atoms with Gasteiger partial charge in [-0.25, -0.2) is 14.8 Å². The summed E-state index contributed by atoms with van der Waals surface area (Å²) in [7, 11) is 1.92. The second kappa shape index (κ2) is 10.5. The number of piperazine rings is 1. The number of pyridine rings is 2. The summed E-state index contributed by atoms with van der Waals surface area (Å²) in [4.78, 5) is 26.0. The van der Waals surface area contributed by atoms with Crippen molar-refractivity contribution < 1.29 is 9.53 Å². The third kappa shape index (κ3) is 6.30. The van der Waals surface area contributed by atoms with Gasteiger partial charge in [0.2, 0.25) is 0 Å². The molecule has 1 aliphatic heterocycles. The first-order valence-electron chi connectivity index (χ1n) is 12.5. The van der Waals surface area contributed by atoms with Gasteiger partial charge < -0.3 is 25.2 Å². The van der Waals surface area contributed by atoms with Gasteiger partial charge in [0.1, 0.15) is 17.2 Å². The lowest BCUT2D eigenvalue weighted by Gasteiger charge is -2.36. The molecular formula is C26H38N6O2. The molecule has 1 saturated carbocycles. The van der Waals surface area contributed by atoms with Crippen molar-refractivity contribution in [1.82, 2.24) is 14.9 Å². The third-order valence-corrected chi connectivity index (χ3v) is 6.37. The molecule has 8 nitrogen and oxygen atoms in total. The van der Waals surface area contributed by atoms with E-state index in [0.717, 1.165) is 28.6 Å². The number of hydrogen-bond acceptors (Lipinski definition) is 7. The summed E-state index contributed by atoms with van der Waals surface area (Å²) in [5.74, 6) is 1.82. The molecule has 4 rings (SSSR count). The number of hydrogen-bond donors (Lipinski definition) is 2. The lowest BCUT2D eigenvalue weighted by molar-refractivity contribution is 0.0240. The highest BCUT2D eigenvalue weighted by molar-refractivity contribution is 5.71. The Hall–Kier alpha value is -3.03. The van der Waals surface area contributed by atoms with Crippen molar-refractivity contribution in [3.63, 3.8) is 0 Å². The fourth-order valence-corrected chi connectivity index (χ4v) is 4.54. The number of nitrogens with zero attached hydrogens (tertiary/aromatic N) is 4. The van der Waals surface area contributed by atoms with Crippen molar-refractivity contribution in [2.75, 3.05) is 48.8 Å². The average Bonchev–Trinajstić information content (AvgIpc) is 2.83. The van der Waals surface area contributed by atoms with Crippen molar-refractivity contribution in [2.45, 2.75) is 64.5 Å². The van der Waals surface area contributed by atoms with Gasteiger partial charge >= 0.3 is 6.09 Å². The van der Waals surface area contributed by atoms with Crippen LogP contribution < -0.4 is 15.5 Å². The van der Waals surface area contributed by atoms with Crippen LogP contribution in [-0.2, 0) is 4.74 Å². The highest BCUT2D eigenvalue weighted by Crippen LogP contribution is 2.28. The Bertz CT molecular complexity index is 975. The molecule has 2 N–H and O–H groups in total. The fourth-order valence-electron chi connectivity index (χ4n) is 4.54. The van der Waals surface area contributed by atoms with Gasteiger partial charge in [0.15, 0.2) is 0 Å². The zero-order chi connectivity index (χ0) is 24.1. The molecule has 0 atom stereocenters. The standard InChI is InChI=1S/C26H38N6O2/c1-26(2,3)34-25(33)32-14-12-31(13-15-32)24-18-21(27-4)17-22(30-24)19-10-11-28-23(16-19)29-20-8-6-5-7-9-20/h10-11,16-18,20H,5-9,12-15H2,1-4H3,(H,27,30)(H,28,29). The van der Waals surface area contributed by atoms with Crippen LogP contribution in [0.5, 0.6) is 0 Å². The molecule has 0 radical (unpaired) electrons. The van der Waals surface area contributed by atoms with Gasteiger partial charge in [0.25, 0.3) is 0 Å². The molecule has 184 valence electrons. The first-order valence-corrected chi connectivity index (χ1v) is 12.5. The molecule has 34 heavy (non-hydrogen) atoms. The van der Waals surface area contributed by atoms with E-state index in [1.165, 1.54) is 32.1 Å². The number of carbonyl (C=O) groups is 1. The van der Waals surface area contributed by atoms with Gasteiger partial charge in [-0.05, 0) is 51.8 Å². The molecule has 0 bridgehead atoms. The minimum absolute atomic E-state index is 0.250. The van der Waals surface area contributed by atoms with Gasteiger partial charge in [-0.1, -0.05) is 19.3 Å². The Morgan fingerprint density at radius 1 is 1.06 bits per heavy atom. The monoisotopic (exact) mass is 466 g/mol. The van der Waals surface area contributed by atoms with Gasteiger partial charge in [0, 0.05) is 62.8 Å². The van der Waals surface area contributed by atoms with Crippen LogP contribution >= 0.6 is 0 Å². The van der Waals surface area contributed by atoms with Crippen LogP contribution in [0.4, 0.5) is 22.1 Å². The summed E-state index contributed by atoms with van der Waals surface area (Å²) in [6.45, 7) is 8.33. The minimum atomic E-state index is -0.485. The third-order valence-electron chi connectivity index (χ3n) is 6.37. The van der Waals surface area contributed by atoms with Crippen LogP contribution in [0.15, 0.2) is 30.5 Å². The van der Waals surface area contributed by atoms with Crippen molar-refractivity contribution >= 4 is 23.4 Å². The van der Waals surface area contributed by atoms with E-state index >= 15 is 0 Å². The molecule has 2 fully saturated rings. The van der Waals surface area contributed by atoms with Crippen molar-refractivity contribution in [2.24, 2.45) is 0 Å². The maximum atomic E-state index is 12.4. The molecule has 1 aliphatic carbocycles. The van der Waals surface area contributed by atoms with Crippen molar-refractivity contribution in [1.29, 1.82) is 0 Å². The molecule has 3 heterocycles. The Morgan fingerprint density at radius 2 is 1.79 bits per heavy atom. The van der Waals surface area contributed by atoms with Gasteiger partial charge in [-0.2, -0.15) is 0 Å². The number of nitrogens with one attached hydrogen (secondary N) is 2. The zero-order valence-electron chi connectivity index (χ0n) is 20.9. The molecular weight excluding hydrogens is 428 g/mol. The molecule has 8 heteroatoms. The van der Waals surface area contributed by atoms with Crippen LogP contribution in [-0.4, -0.2) is 65.8 Å². The lowest BCUT2D eigenvalue weighted by atomic mass is 9.95. The lowest BCUT2D eigenvalue weighted by Crippen LogP contribution is -2.50. The summed E-state index contributed by atoms with van der Waals surface area (Å²) in [5.41, 5.74) is 2.47. The van der Waals surface area contributed by atoms with Crippen LogP contribution in [0.1, 0.15) is 52.9 Å². The van der Waals surface area contributed by atoms with Crippen molar-refractivity contribution in [3.8, 4) is 11.3 Å². The Labute approximate surface area is 203 Å². The van der Waals surface area contributed by atoms with Gasteiger partial charge in [-0.15, -0.1) is 0 Å². The molecule has 2 aromatic heterocycles. The normalized spacial score (nSPS) is 17.4. The topological polar surface area (TPSA) is 82.6 Å². The van der Waals surface area contributed by atoms with E-state index in [1.54, 1.807) is 4.90 Å². The highest BCUT2D eigenvalue weighted by Gasteiger charge is 2.26. The number of carbonyl (C=O) groups excluding carboxylic acids is 1. The van der Waals surface area contributed by atoms with Crippen LogP contribution in [0.2, 0.25) is 0 Å². The van der Waals surface area contributed by atoms with Gasteiger partial charge in [0.05, 0.1) is 5.69 Å². The maximum Gasteiger partial charge on any atom is 0.410 e. The molecule has 0 unspecified atom stereocenters. The van der Waals surface area contributed by atoms with Gasteiger partial charge in [-0.3, -0.25) is 0 Å². The molecule has 0 spiro atoms. The molecule has 0 aromatic carbocycles.